The van der Waals surface area contributed by atoms with Crippen molar-refractivity contribution in [2.24, 2.45) is 0 Å². The molecule has 0 bridgehead atoms. The van der Waals surface area contributed by atoms with E-state index in [0.29, 0.717) is 23.3 Å². The minimum atomic E-state index is -0.949. The van der Waals surface area contributed by atoms with Crippen LogP contribution in [-0.2, 0) is 4.79 Å². The number of ether oxygens (including phenoxy) is 1. The molecule has 148 valence electrons. The lowest BCUT2D eigenvalue weighted by Gasteiger charge is -2.42. The molecule has 1 aliphatic carbocycles. The van der Waals surface area contributed by atoms with Crippen molar-refractivity contribution < 1.29 is 14.6 Å². The van der Waals surface area contributed by atoms with Gasteiger partial charge in [-0.15, -0.1) is 0 Å². The number of carbonyl (C=O) groups is 1. The smallest absolute Gasteiger partial charge is 0.248 e. The topological polar surface area (TPSA) is 82.3 Å². The Hall–Kier alpha value is -3.10. The largest absolute Gasteiger partial charge is 0.485 e. The number of benzene rings is 2. The van der Waals surface area contributed by atoms with E-state index in [0.717, 1.165) is 29.6 Å². The maximum absolute atomic E-state index is 13.2. The summed E-state index contributed by atoms with van der Waals surface area (Å²) in [5.74, 6) is 0.407. The lowest BCUT2D eigenvalue weighted by Crippen LogP contribution is -2.53. The van der Waals surface area contributed by atoms with Gasteiger partial charge >= 0.3 is 0 Å². The van der Waals surface area contributed by atoms with Gasteiger partial charge in [-0.3, -0.25) is 4.79 Å². The Balaban J connectivity index is 1.70. The van der Waals surface area contributed by atoms with Gasteiger partial charge in [0.15, 0.2) is 0 Å². The summed E-state index contributed by atoms with van der Waals surface area (Å²) in [6.07, 6.45) is 1.56. The Morgan fingerprint density at radius 2 is 1.97 bits per heavy atom. The van der Waals surface area contributed by atoms with E-state index in [4.69, 9.17) is 4.74 Å². The van der Waals surface area contributed by atoms with Gasteiger partial charge in [0.25, 0.3) is 0 Å². The van der Waals surface area contributed by atoms with Gasteiger partial charge in [0.05, 0.1) is 17.7 Å². The predicted octanol–water partition coefficient (Wildman–Crippen LogP) is 3.89. The Morgan fingerprint density at radius 3 is 2.69 bits per heavy atom. The molecule has 4 rings (SSSR count). The van der Waals surface area contributed by atoms with Crippen LogP contribution in [0.3, 0.4) is 0 Å². The van der Waals surface area contributed by atoms with Crippen LogP contribution in [0.5, 0.6) is 5.75 Å². The van der Waals surface area contributed by atoms with Crippen LogP contribution in [0.15, 0.2) is 54.1 Å². The summed E-state index contributed by atoms with van der Waals surface area (Å²) in [5, 5.41) is 23.2. The molecule has 0 saturated carbocycles. The van der Waals surface area contributed by atoms with Crippen molar-refractivity contribution in [3.63, 3.8) is 0 Å². The Morgan fingerprint density at radius 1 is 1.21 bits per heavy atom. The van der Waals surface area contributed by atoms with E-state index < -0.39 is 17.7 Å². The number of rotatable bonds is 3. The van der Waals surface area contributed by atoms with E-state index in [-0.39, 0.29) is 5.91 Å². The molecule has 2 atom stereocenters. The second-order valence-corrected chi connectivity index (χ2v) is 8.14. The average Bonchev–Trinajstić information content (AvgIpc) is 3.21. The predicted molar refractivity (Wildman–Crippen MR) is 110 cm³/mol. The van der Waals surface area contributed by atoms with Gasteiger partial charge in [-0.25, -0.2) is 0 Å². The first-order valence-corrected chi connectivity index (χ1v) is 9.90. The van der Waals surface area contributed by atoms with Crippen LogP contribution in [0.4, 0.5) is 0 Å². The first-order valence-electron chi connectivity index (χ1n) is 9.90. The highest BCUT2D eigenvalue weighted by atomic mass is 16.5. The lowest BCUT2D eigenvalue weighted by atomic mass is 9.85. The van der Waals surface area contributed by atoms with E-state index in [1.807, 2.05) is 30.3 Å². The third-order valence-corrected chi connectivity index (χ3v) is 5.78. The Kier molecular flexibility index (Phi) is 4.89. The molecular formula is C24H24N2O3. The fourth-order valence-electron chi connectivity index (χ4n) is 4.21. The van der Waals surface area contributed by atoms with Crippen LogP contribution in [0.25, 0.3) is 5.57 Å². The second kappa shape index (κ2) is 7.38. The number of hydrogen-bond donors (Lipinski definition) is 2. The SMILES string of the molecule is CC1(C)Oc2ccc(C#N)cc2C(NC(=O)C2=C(c3ccccc3)CCC2)C1O. The summed E-state index contributed by atoms with van der Waals surface area (Å²) in [4.78, 5) is 13.2. The van der Waals surface area contributed by atoms with Crippen LogP contribution in [-0.4, -0.2) is 22.7 Å². The van der Waals surface area contributed by atoms with E-state index >= 15 is 0 Å². The van der Waals surface area contributed by atoms with Crippen molar-refractivity contribution in [3.05, 3.63) is 70.8 Å². The van der Waals surface area contributed by atoms with Gasteiger partial charge in [-0.1, -0.05) is 30.3 Å². The van der Waals surface area contributed by atoms with Crippen molar-refractivity contribution in [2.45, 2.75) is 50.9 Å². The zero-order valence-corrected chi connectivity index (χ0v) is 16.6. The summed E-state index contributed by atoms with van der Waals surface area (Å²) in [6, 6.07) is 16.5. The highest BCUT2D eigenvalue weighted by molar-refractivity contribution is 6.02. The minimum absolute atomic E-state index is 0.170. The standard InChI is InChI=1S/C24H24N2O3/c1-24(2)22(27)21(19-13-15(14-25)11-12-20(19)29-24)26-23(28)18-10-6-9-17(18)16-7-4-3-5-8-16/h3-5,7-8,11-13,21-22,27H,6,9-10H2,1-2H3,(H,26,28). The molecule has 5 nitrogen and oxygen atoms in total. The molecule has 0 radical (unpaired) electrons. The fraction of sp³-hybridized carbons (Fsp3) is 0.333. The molecule has 1 aliphatic heterocycles. The van der Waals surface area contributed by atoms with Gasteiger partial charge < -0.3 is 15.2 Å². The number of aliphatic hydroxyl groups is 1. The fourth-order valence-corrected chi connectivity index (χ4v) is 4.21. The third-order valence-electron chi connectivity index (χ3n) is 5.78. The molecular weight excluding hydrogens is 364 g/mol. The Bertz CT molecular complexity index is 1020. The second-order valence-electron chi connectivity index (χ2n) is 8.14. The van der Waals surface area contributed by atoms with Gasteiger partial charge in [0.2, 0.25) is 5.91 Å². The number of carbonyl (C=O) groups excluding carboxylic acids is 1. The average molecular weight is 388 g/mol. The lowest BCUT2D eigenvalue weighted by molar-refractivity contribution is -0.122. The monoisotopic (exact) mass is 388 g/mol. The quantitative estimate of drug-likeness (QED) is 0.836. The highest BCUT2D eigenvalue weighted by Gasteiger charge is 2.44. The van der Waals surface area contributed by atoms with Crippen LogP contribution < -0.4 is 10.1 Å². The van der Waals surface area contributed by atoms with Gasteiger partial charge in [-0.05, 0) is 62.4 Å². The van der Waals surface area contributed by atoms with Crippen molar-refractivity contribution in [2.75, 3.05) is 0 Å². The van der Waals surface area contributed by atoms with Crippen molar-refractivity contribution in [1.29, 1.82) is 5.26 Å². The molecule has 1 amide bonds. The third kappa shape index (κ3) is 3.52. The summed E-state index contributed by atoms with van der Waals surface area (Å²) in [5.41, 5.74) is 3.12. The molecule has 2 unspecified atom stereocenters. The van der Waals surface area contributed by atoms with Gasteiger partial charge in [0, 0.05) is 11.1 Å². The maximum Gasteiger partial charge on any atom is 0.248 e. The first-order chi connectivity index (χ1) is 13.9. The zero-order valence-electron chi connectivity index (χ0n) is 16.6. The van der Waals surface area contributed by atoms with Crippen LogP contribution >= 0.6 is 0 Å². The Labute approximate surface area is 170 Å². The molecule has 0 saturated heterocycles. The molecule has 0 spiro atoms. The van der Waals surface area contributed by atoms with E-state index in [1.165, 1.54) is 0 Å². The molecule has 2 aliphatic rings. The van der Waals surface area contributed by atoms with Crippen molar-refractivity contribution >= 4 is 11.5 Å². The van der Waals surface area contributed by atoms with E-state index in [2.05, 4.69) is 11.4 Å². The molecule has 2 aromatic rings. The molecule has 2 N–H and O–H groups in total. The summed E-state index contributed by atoms with van der Waals surface area (Å²) in [6.45, 7) is 3.59. The van der Waals surface area contributed by atoms with Crippen molar-refractivity contribution in [3.8, 4) is 11.8 Å². The number of fused-ring (bicyclic) bond motifs is 1. The number of nitrogens with one attached hydrogen (secondary N) is 1. The van der Waals surface area contributed by atoms with Gasteiger partial charge in [0.1, 0.15) is 17.5 Å². The number of amides is 1. The maximum atomic E-state index is 13.2. The zero-order chi connectivity index (χ0) is 20.6. The van der Waals surface area contributed by atoms with Crippen molar-refractivity contribution in [1.82, 2.24) is 5.32 Å². The summed E-state index contributed by atoms with van der Waals surface area (Å²) >= 11 is 0. The molecule has 5 heteroatoms. The molecule has 1 heterocycles. The van der Waals surface area contributed by atoms with E-state index in [9.17, 15) is 15.2 Å². The summed E-state index contributed by atoms with van der Waals surface area (Å²) in [7, 11) is 0. The minimum Gasteiger partial charge on any atom is -0.485 e. The van der Waals surface area contributed by atoms with Gasteiger partial charge in [-0.2, -0.15) is 5.26 Å². The number of hydrogen-bond acceptors (Lipinski definition) is 4. The number of nitrogens with zero attached hydrogens (tertiary/aromatic N) is 1. The number of allylic oxidation sites excluding steroid dienone is 1. The van der Waals surface area contributed by atoms with Crippen LogP contribution in [0.2, 0.25) is 0 Å². The van der Waals surface area contributed by atoms with Crippen LogP contribution in [0.1, 0.15) is 55.8 Å². The van der Waals surface area contributed by atoms with Crippen LogP contribution in [0, 0.1) is 11.3 Å². The first kappa shape index (κ1) is 19.2. The number of aliphatic hydroxyl groups excluding tert-OH is 1. The highest BCUT2D eigenvalue weighted by Crippen LogP contribution is 2.41. The molecule has 2 aromatic carbocycles. The van der Waals surface area contributed by atoms with E-state index in [1.54, 1.807) is 32.0 Å². The molecule has 0 aromatic heterocycles. The normalized spacial score (nSPS) is 22.4. The number of nitriles is 1. The molecule has 29 heavy (non-hydrogen) atoms. The summed E-state index contributed by atoms with van der Waals surface area (Å²) < 4.78 is 5.94. The molecule has 0 fully saturated rings.